The topological polar surface area (TPSA) is 67.8 Å². The van der Waals surface area contributed by atoms with Gasteiger partial charge in [0.15, 0.2) is 5.84 Å². The number of halogens is 1. The first-order valence-electron chi connectivity index (χ1n) is 6.59. The fraction of sp³-hybridized carbons (Fsp3) is 0.500. The first-order valence-corrected chi connectivity index (χ1v) is 7.38. The van der Waals surface area contributed by atoms with Crippen LogP contribution in [0, 0.1) is 0 Å². The summed E-state index contributed by atoms with van der Waals surface area (Å²) >= 11 is 3.36. The van der Waals surface area contributed by atoms with Gasteiger partial charge in [0.2, 0.25) is 0 Å². The second-order valence-electron chi connectivity index (χ2n) is 4.39. The number of amidine groups is 1. The molecule has 0 fully saturated rings. The zero-order chi connectivity index (χ0) is 14.1. The lowest BCUT2D eigenvalue weighted by molar-refractivity contribution is 0.302. The number of ether oxygens (including phenoxy) is 1. The molecule has 1 rings (SSSR count). The molecule has 106 valence electrons. The first kappa shape index (κ1) is 15.8. The van der Waals surface area contributed by atoms with Gasteiger partial charge in [0, 0.05) is 4.47 Å². The highest BCUT2D eigenvalue weighted by molar-refractivity contribution is 9.10. The summed E-state index contributed by atoms with van der Waals surface area (Å²) in [5.41, 5.74) is 6.24. The Morgan fingerprint density at radius 2 is 2.05 bits per heavy atom. The molecule has 1 aromatic rings. The number of hydrogen-bond donors (Lipinski definition) is 2. The molecule has 0 heterocycles. The largest absolute Gasteiger partial charge is 0.493 e. The molecule has 0 saturated heterocycles. The van der Waals surface area contributed by atoms with E-state index in [0.717, 1.165) is 10.9 Å². The number of oxime groups is 1. The van der Waals surface area contributed by atoms with E-state index in [0.29, 0.717) is 17.9 Å². The molecule has 0 spiro atoms. The average Bonchev–Trinajstić information content (AvgIpc) is 2.43. The Kier molecular flexibility index (Phi) is 7.33. The van der Waals surface area contributed by atoms with Gasteiger partial charge in [-0.25, -0.2) is 0 Å². The third-order valence-electron chi connectivity index (χ3n) is 2.83. The summed E-state index contributed by atoms with van der Waals surface area (Å²) in [6.45, 7) is 2.85. The van der Waals surface area contributed by atoms with Crippen LogP contribution in [0.2, 0.25) is 0 Å². The maximum atomic E-state index is 8.76. The van der Waals surface area contributed by atoms with E-state index in [2.05, 4.69) is 28.0 Å². The van der Waals surface area contributed by atoms with Crippen molar-refractivity contribution in [3.8, 4) is 5.75 Å². The van der Waals surface area contributed by atoms with E-state index in [1.807, 2.05) is 12.1 Å². The zero-order valence-corrected chi connectivity index (χ0v) is 12.8. The average molecular weight is 329 g/mol. The Labute approximate surface area is 122 Å². The molecule has 0 bridgehead atoms. The number of nitrogens with two attached hydrogens (primary N) is 1. The smallest absolute Gasteiger partial charge is 0.173 e. The second kappa shape index (κ2) is 8.80. The van der Waals surface area contributed by atoms with Crippen molar-refractivity contribution in [3.05, 3.63) is 28.2 Å². The zero-order valence-electron chi connectivity index (χ0n) is 11.2. The highest BCUT2D eigenvalue weighted by Crippen LogP contribution is 2.23. The van der Waals surface area contributed by atoms with Crippen molar-refractivity contribution >= 4 is 21.8 Å². The van der Waals surface area contributed by atoms with Crippen molar-refractivity contribution in [1.29, 1.82) is 0 Å². The highest BCUT2D eigenvalue weighted by atomic mass is 79.9. The van der Waals surface area contributed by atoms with Gasteiger partial charge >= 0.3 is 0 Å². The van der Waals surface area contributed by atoms with Crippen LogP contribution in [0.3, 0.4) is 0 Å². The quantitative estimate of drug-likeness (QED) is 0.250. The lowest BCUT2D eigenvalue weighted by Gasteiger charge is -2.11. The minimum absolute atomic E-state index is 0.0577. The van der Waals surface area contributed by atoms with Crippen LogP contribution in [0.15, 0.2) is 27.8 Å². The molecule has 0 aliphatic rings. The Bertz CT molecular complexity index is 422. The van der Waals surface area contributed by atoms with Crippen LogP contribution in [-0.4, -0.2) is 17.6 Å². The number of unbranched alkanes of at least 4 members (excludes halogenated alkanes) is 4. The van der Waals surface area contributed by atoms with Crippen molar-refractivity contribution in [2.75, 3.05) is 6.61 Å². The molecule has 0 atom stereocenters. The van der Waals surface area contributed by atoms with E-state index < -0.39 is 0 Å². The van der Waals surface area contributed by atoms with Crippen LogP contribution < -0.4 is 10.5 Å². The molecular formula is C14H21BrN2O2. The van der Waals surface area contributed by atoms with Crippen molar-refractivity contribution in [3.63, 3.8) is 0 Å². The summed E-state index contributed by atoms with van der Waals surface area (Å²) in [7, 11) is 0. The Morgan fingerprint density at radius 3 is 2.74 bits per heavy atom. The van der Waals surface area contributed by atoms with Crippen LogP contribution in [-0.2, 0) is 0 Å². The predicted octanol–water partition coefficient (Wildman–Crippen LogP) is 3.89. The molecule has 0 aliphatic carbocycles. The van der Waals surface area contributed by atoms with Gasteiger partial charge in [-0.3, -0.25) is 0 Å². The molecule has 0 aliphatic heterocycles. The van der Waals surface area contributed by atoms with Crippen LogP contribution in [0.1, 0.15) is 44.6 Å². The SMILES string of the molecule is CCCCCCCOc1ccc(Br)cc1/C(N)=N/O. The Morgan fingerprint density at radius 1 is 1.32 bits per heavy atom. The van der Waals surface area contributed by atoms with Gasteiger partial charge in [-0.2, -0.15) is 0 Å². The summed E-state index contributed by atoms with van der Waals surface area (Å²) in [5, 5.41) is 11.8. The number of benzene rings is 1. The molecule has 0 saturated carbocycles. The van der Waals surface area contributed by atoms with Gasteiger partial charge in [-0.1, -0.05) is 53.7 Å². The Balaban J connectivity index is 2.53. The lowest BCUT2D eigenvalue weighted by atomic mass is 10.1. The summed E-state index contributed by atoms with van der Waals surface area (Å²) < 4.78 is 6.57. The second-order valence-corrected chi connectivity index (χ2v) is 5.30. The minimum atomic E-state index is 0.0577. The molecule has 0 amide bonds. The molecule has 1 aromatic carbocycles. The van der Waals surface area contributed by atoms with Crippen molar-refractivity contribution in [2.24, 2.45) is 10.9 Å². The lowest BCUT2D eigenvalue weighted by Crippen LogP contribution is -2.15. The standard InChI is InChI=1S/C14H21BrN2O2/c1-2-3-4-5-6-9-19-13-8-7-11(15)10-12(13)14(16)17-18/h7-8,10,18H,2-6,9H2,1H3,(H2,16,17). The summed E-state index contributed by atoms with van der Waals surface area (Å²) in [6, 6.07) is 5.48. The maximum Gasteiger partial charge on any atom is 0.173 e. The summed E-state index contributed by atoms with van der Waals surface area (Å²) in [5.74, 6) is 0.705. The van der Waals surface area contributed by atoms with Gasteiger partial charge in [0.05, 0.1) is 12.2 Å². The van der Waals surface area contributed by atoms with Crippen LogP contribution in [0.4, 0.5) is 0 Å². The van der Waals surface area contributed by atoms with Gasteiger partial charge in [-0.15, -0.1) is 0 Å². The number of rotatable bonds is 8. The molecule has 19 heavy (non-hydrogen) atoms. The van der Waals surface area contributed by atoms with Crippen molar-refractivity contribution in [1.82, 2.24) is 0 Å². The maximum absolute atomic E-state index is 8.76. The third kappa shape index (κ3) is 5.51. The fourth-order valence-corrected chi connectivity index (χ4v) is 2.13. The van der Waals surface area contributed by atoms with Gasteiger partial charge in [0.25, 0.3) is 0 Å². The van der Waals surface area contributed by atoms with Crippen LogP contribution >= 0.6 is 15.9 Å². The van der Waals surface area contributed by atoms with Crippen molar-refractivity contribution < 1.29 is 9.94 Å². The highest BCUT2D eigenvalue weighted by Gasteiger charge is 2.09. The van der Waals surface area contributed by atoms with E-state index in [1.165, 1.54) is 25.7 Å². The molecule has 0 unspecified atom stereocenters. The normalized spacial score (nSPS) is 11.6. The molecule has 5 heteroatoms. The van der Waals surface area contributed by atoms with Crippen LogP contribution in [0.5, 0.6) is 5.75 Å². The van der Waals surface area contributed by atoms with Crippen LogP contribution in [0.25, 0.3) is 0 Å². The molecular weight excluding hydrogens is 308 g/mol. The number of nitrogens with zero attached hydrogens (tertiary/aromatic N) is 1. The van der Waals surface area contributed by atoms with Gasteiger partial charge in [0.1, 0.15) is 5.75 Å². The van der Waals surface area contributed by atoms with E-state index in [4.69, 9.17) is 15.7 Å². The van der Waals surface area contributed by atoms with Gasteiger partial charge < -0.3 is 15.7 Å². The molecule has 0 radical (unpaired) electrons. The summed E-state index contributed by atoms with van der Waals surface area (Å²) in [6.07, 6.45) is 5.94. The fourth-order valence-electron chi connectivity index (χ4n) is 1.77. The number of hydrogen-bond acceptors (Lipinski definition) is 3. The van der Waals surface area contributed by atoms with E-state index in [-0.39, 0.29) is 5.84 Å². The monoisotopic (exact) mass is 328 g/mol. The minimum Gasteiger partial charge on any atom is -0.493 e. The molecule has 0 aromatic heterocycles. The third-order valence-corrected chi connectivity index (χ3v) is 3.32. The van der Waals surface area contributed by atoms with Crippen molar-refractivity contribution in [2.45, 2.75) is 39.0 Å². The van der Waals surface area contributed by atoms with E-state index >= 15 is 0 Å². The van der Waals surface area contributed by atoms with E-state index in [9.17, 15) is 0 Å². The predicted molar refractivity (Wildman–Crippen MR) is 80.9 cm³/mol. The first-order chi connectivity index (χ1) is 9.19. The molecule has 4 nitrogen and oxygen atoms in total. The van der Waals surface area contributed by atoms with Gasteiger partial charge in [-0.05, 0) is 24.6 Å². The molecule has 3 N–H and O–H groups in total. The van der Waals surface area contributed by atoms with E-state index in [1.54, 1.807) is 6.07 Å². The summed E-state index contributed by atoms with van der Waals surface area (Å²) in [4.78, 5) is 0. The Hall–Kier alpha value is -1.23.